The average Bonchev–Trinajstić information content (AvgIpc) is 2.99. The van der Waals surface area contributed by atoms with E-state index in [-0.39, 0.29) is 11.1 Å². The molecule has 0 aliphatic rings. The molecule has 3 aromatic rings. The molecule has 0 aliphatic carbocycles. The van der Waals surface area contributed by atoms with Gasteiger partial charge in [0.05, 0.1) is 5.56 Å². The number of hydrogen-bond acceptors (Lipinski definition) is 3. The van der Waals surface area contributed by atoms with Gasteiger partial charge in [0.1, 0.15) is 11.6 Å². The number of carbonyl (C=O) groups excluding carboxylic acids is 1. The third-order valence-electron chi connectivity index (χ3n) is 5.19. The number of benzene rings is 2. The maximum Gasteiger partial charge on any atom is 0.336 e. The molecule has 0 aliphatic heterocycles. The summed E-state index contributed by atoms with van der Waals surface area (Å²) in [5, 5.41) is 21.8. The molecule has 6 heteroatoms. The second-order valence-electron chi connectivity index (χ2n) is 7.41. The van der Waals surface area contributed by atoms with Crippen LogP contribution in [-0.2, 0) is 4.79 Å². The molecule has 156 valence electrons. The SMILES string of the molecule is Cc1cccc(NC(=O)/C(C#N)=C\c2cc(C)n(-c3cccc(C(=O)O)c3C)c2C)c1. The Morgan fingerprint density at radius 3 is 2.42 bits per heavy atom. The Morgan fingerprint density at radius 1 is 1.06 bits per heavy atom. The first-order valence-corrected chi connectivity index (χ1v) is 9.75. The molecule has 6 nitrogen and oxygen atoms in total. The Kier molecular flexibility index (Phi) is 6.07. The summed E-state index contributed by atoms with van der Waals surface area (Å²) in [5.41, 5.74) is 5.62. The summed E-state index contributed by atoms with van der Waals surface area (Å²) in [6, 6.07) is 16.3. The van der Waals surface area contributed by atoms with Crippen LogP contribution in [0.15, 0.2) is 54.1 Å². The number of hydrogen-bond donors (Lipinski definition) is 2. The largest absolute Gasteiger partial charge is 0.478 e. The molecule has 0 saturated heterocycles. The van der Waals surface area contributed by atoms with Gasteiger partial charge in [0.2, 0.25) is 0 Å². The first-order valence-electron chi connectivity index (χ1n) is 9.75. The van der Waals surface area contributed by atoms with Crippen molar-refractivity contribution >= 4 is 23.6 Å². The topological polar surface area (TPSA) is 95.1 Å². The van der Waals surface area contributed by atoms with Crippen molar-refractivity contribution in [3.63, 3.8) is 0 Å². The lowest BCUT2D eigenvalue weighted by atomic mass is 10.1. The number of carboxylic acids is 1. The molecular weight excluding hydrogens is 390 g/mol. The second-order valence-corrected chi connectivity index (χ2v) is 7.41. The summed E-state index contributed by atoms with van der Waals surface area (Å²) in [4.78, 5) is 24.1. The number of anilines is 1. The summed E-state index contributed by atoms with van der Waals surface area (Å²) >= 11 is 0. The third-order valence-corrected chi connectivity index (χ3v) is 5.19. The van der Waals surface area contributed by atoms with E-state index in [1.165, 1.54) is 0 Å². The third kappa shape index (κ3) is 4.41. The Balaban J connectivity index is 2.00. The Morgan fingerprint density at radius 2 is 1.77 bits per heavy atom. The summed E-state index contributed by atoms with van der Waals surface area (Å²) in [5.74, 6) is -1.47. The molecule has 0 unspecified atom stereocenters. The van der Waals surface area contributed by atoms with Crippen molar-refractivity contribution in [3.8, 4) is 11.8 Å². The second kappa shape index (κ2) is 8.72. The van der Waals surface area contributed by atoms with E-state index in [4.69, 9.17) is 0 Å². The summed E-state index contributed by atoms with van der Waals surface area (Å²) in [6.07, 6.45) is 1.56. The first kappa shape index (κ1) is 21.6. The Hall–Kier alpha value is -4.11. The number of nitriles is 1. The van der Waals surface area contributed by atoms with Crippen LogP contribution in [-0.4, -0.2) is 21.6 Å². The molecule has 31 heavy (non-hydrogen) atoms. The van der Waals surface area contributed by atoms with Crippen molar-refractivity contribution in [3.05, 3.63) is 87.7 Å². The number of carbonyl (C=O) groups is 2. The van der Waals surface area contributed by atoms with E-state index >= 15 is 0 Å². The maximum absolute atomic E-state index is 12.6. The van der Waals surface area contributed by atoms with Gasteiger partial charge in [-0.15, -0.1) is 0 Å². The molecule has 0 fully saturated rings. The molecule has 2 aromatic carbocycles. The van der Waals surface area contributed by atoms with E-state index in [2.05, 4.69) is 5.32 Å². The minimum atomic E-state index is -0.985. The van der Waals surface area contributed by atoms with E-state index < -0.39 is 11.9 Å². The Labute approximate surface area is 181 Å². The van der Waals surface area contributed by atoms with E-state index in [0.29, 0.717) is 16.8 Å². The van der Waals surface area contributed by atoms with E-state index in [1.54, 1.807) is 31.2 Å². The summed E-state index contributed by atoms with van der Waals surface area (Å²) < 4.78 is 1.93. The molecule has 2 N–H and O–H groups in total. The van der Waals surface area contributed by atoms with Crippen LogP contribution in [0, 0.1) is 39.0 Å². The standard InChI is InChI=1S/C25H23N3O3/c1-15-7-5-8-21(11-15)27-24(29)20(14-26)13-19-12-16(2)28(18(19)4)23-10-6-9-22(17(23)3)25(30)31/h5-13H,1-4H3,(H,27,29)(H,30,31)/b20-13-. The van der Waals surface area contributed by atoms with Crippen LogP contribution in [0.2, 0.25) is 0 Å². The number of nitrogens with zero attached hydrogens (tertiary/aromatic N) is 2. The van der Waals surface area contributed by atoms with Gasteiger partial charge in [-0.1, -0.05) is 18.2 Å². The monoisotopic (exact) mass is 413 g/mol. The number of nitrogens with one attached hydrogen (secondary N) is 1. The predicted octanol–water partition coefficient (Wildman–Crippen LogP) is 4.95. The van der Waals surface area contributed by atoms with Gasteiger partial charge < -0.3 is 15.0 Å². The number of aromatic nitrogens is 1. The summed E-state index contributed by atoms with van der Waals surface area (Å²) in [7, 11) is 0. The van der Waals surface area contributed by atoms with E-state index in [1.807, 2.05) is 61.7 Å². The van der Waals surface area contributed by atoms with Gasteiger partial charge in [0.15, 0.2) is 0 Å². The molecule has 0 radical (unpaired) electrons. The molecule has 0 spiro atoms. The van der Waals surface area contributed by atoms with Crippen molar-refractivity contribution in [1.29, 1.82) is 5.26 Å². The maximum atomic E-state index is 12.6. The molecule has 1 heterocycles. The smallest absolute Gasteiger partial charge is 0.336 e. The lowest BCUT2D eigenvalue weighted by Gasteiger charge is -2.14. The lowest BCUT2D eigenvalue weighted by molar-refractivity contribution is -0.112. The quantitative estimate of drug-likeness (QED) is 0.457. The zero-order valence-corrected chi connectivity index (χ0v) is 17.9. The summed E-state index contributed by atoms with van der Waals surface area (Å²) in [6.45, 7) is 7.46. The van der Waals surface area contributed by atoms with Crippen LogP contribution in [0.25, 0.3) is 11.8 Å². The lowest BCUT2D eigenvalue weighted by Crippen LogP contribution is -2.13. The molecule has 0 atom stereocenters. The van der Waals surface area contributed by atoms with Crippen LogP contribution in [0.4, 0.5) is 5.69 Å². The fraction of sp³-hybridized carbons (Fsp3) is 0.160. The fourth-order valence-corrected chi connectivity index (χ4v) is 3.63. The molecule has 0 bridgehead atoms. The van der Waals surface area contributed by atoms with Crippen LogP contribution in [0.5, 0.6) is 0 Å². The van der Waals surface area contributed by atoms with Crippen LogP contribution < -0.4 is 5.32 Å². The fourth-order valence-electron chi connectivity index (χ4n) is 3.63. The van der Waals surface area contributed by atoms with Crippen molar-refractivity contribution in [2.24, 2.45) is 0 Å². The van der Waals surface area contributed by atoms with Gasteiger partial charge >= 0.3 is 5.97 Å². The number of amides is 1. The number of carboxylic acid groups (broad SMARTS) is 1. The van der Waals surface area contributed by atoms with Gasteiger partial charge in [-0.2, -0.15) is 5.26 Å². The van der Waals surface area contributed by atoms with E-state index in [0.717, 1.165) is 22.6 Å². The van der Waals surface area contributed by atoms with Crippen molar-refractivity contribution in [2.75, 3.05) is 5.32 Å². The van der Waals surface area contributed by atoms with Crippen LogP contribution >= 0.6 is 0 Å². The molecule has 1 amide bonds. The Bertz CT molecular complexity index is 1260. The van der Waals surface area contributed by atoms with Gasteiger partial charge in [0.25, 0.3) is 5.91 Å². The molecule has 0 saturated carbocycles. The molecular formula is C25H23N3O3. The van der Waals surface area contributed by atoms with Gasteiger partial charge in [-0.3, -0.25) is 4.79 Å². The highest BCUT2D eigenvalue weighted by molar-refractivity contribution is 6.09. The van der Waals surface area contributed by atoms with Gasteiger partial charge in [-0.05, 0) is 80.8 Å². The number of aryl methyl sites for hydroxylation is 2. The van der Waals surface area contributed by atoms with Crippen molar-refractivity contribution in [2.45, 2.75) is 27.7 Å². The van der Waals surface area contributed by atoms with Gasteiger partial charge in [-0.25, -0.2) is 4.79 Å². The first-order chi connectivity index (χ1) is 14.7. The van der Waals surface area contributed by atoms with Crippen LogP contribution in [0.1, 0.15) is 38.4 Å². The molecule has 1 aromatic heterocycles. The highest BCUT2D eigenvalue weighted by Gasteiger charge is 2.17. The molecule has 3 rings (SSSR count). The normalized spacial score (nSPS) is 11.1. The zero-order valence-electron chi connectivity index (χ0n) is 17.9. The number of aromatic carboxylic acids is 1. The highest BCUT2D eigenvalue weighted by atomic mass is 16.4. The minimum Gasteiger partial charge on any atom is -0.478 e. The zero-order chi connectivity index (χ0) is 22.7. The van der Waals surface area contributed by atoms with Crippen molar-refractivity contribution in [1.82, 2.24) is 4.57 Å². The van der Waals surface area contributed by atoms with Gasteiger partial charge in [0, 0.05) is 22.8 Å². The average molecular weight is 413 g/mol. The van der Waals surface area contributed by atoms with Crippen molar-refractivity contribution < 1.29 is 14.7 Å². The number of rotatable bonds is 5. The van der Waals surface area contributed by atoms with E-state index in [9.17, 15) is 20.0 Å². The highest BCUT2D eigenvalue weighted by Crippen LogP contribution is 2.26. The minimum absolute atomic E-state index is 0.0160. The predicted molar refractivity (Wildman–Crippen MR) is 120 cm³/mol. The van der Waals surface area contributed by atoms with Crippen LogP contribution in [0.3, 0.4) is 0 Å².